The van der Waals surface area contributed by atoms with E-state index in [9.17, 15) is 4.79 Å². The van der Waals surface area contributed by atoms with E-state index < -0.39 is 0 Å². The normalized spacial score (nSPS) is 26.3. The molecular weight excluding hydrogens is 238 g/mol. The number of amides is 1. The van der Waals surface area contributed by atoms with Crippen LogP contribution in [0.5, 0.6) is 0 Å². The second kappa shape index (κ2) is 6.71. The highest BCUT2D eigenvalue weighted by molar-refractivity contribution is 5.79. The summed E-state index contributed by atoms with van der Waals surface area (Å²) in [5, 5.41) is 0. The van der Waals surface area contributed by atoms with Crippen LogP contribution >= 0.6 is 0 Å². The van der Waals surface area contributed by atoms with Gasteiger partial charge in [0.2, 0.25) is 5.91 Å². The van der Waals surface area contributed by atoms with Crippen molar-refractivity contribution in [1.82, 2.24) is 9.80 Å². The lowest BCUT2D eigenvalue weighted by molar-refractivity contribution is -0.139. The fraction of sp³-hybridized carbons (Fsp3) is 0.933. The van der Waals surface area contributed by atoms with E-state index in [-0.39, 0.29) is 5.92 Å². The van der Waals surface area contributed by atoms with E-state index in [0.29, 0.717) is 24.4 Å². The first-order chi connectivity index (χ1) is 9.11. The van der Waals surface area contributed by atoms with E-state index >= 15 is 0 Å². The number of carbonyl (C=O) groups excluding carboxylic acids is 1. The molecule has 0 aromatic carbocycles. The number of piperazine rings is 1. The number of hydrogen-bond donors (Lipinski definition) is 1. The Bertz CT molecular complexity index is 306. The zero-order chi connectivity index (χ0) is 13.8. The van der Waals surface area contributed by atoms with Gasteiger partial charge in [-0.15, -0.1) is 0 Å². The van der Waals surface area contributed by atoms with Crippen LogP contribution in [0.3, 0.4) is 0 Å². The fourth-order valence-electron chi connectivity index (χ4n) is 3.48. The Balaban J connectivity index is 1.92. The summed E-state index contributed by atoms with van der Waals surface area (Å²) in [4.78, 5) is 17.2. The van der Waals surface area contributed by atoms with Gasteiger partial charge in [0.25, 0.3) is 0 Å². The van der Waals surface area contributed by atoms with Crippen molar-refractivity contribution in [3.63, 3.8) is 0 Å². The molecule has 0 spiro atoms. The van der Waals surface area contributed by atoms with Gasteiger partial charge in [0.1, 0.15) is 0 Å². The molecule has 0 bridgehead atoms. The SMILES string of the molecule is CC(C)CC(CN)C(=O)N1CCN2CCCCC2C1. The Morgan fingerprint density at radius 3 is 2.74 bits per heavy atom. The van der Waals surface area contributed by atoms with Gasteiger partial charge in [-0.2, -0.15) is 0 Å². The first-order valence-corrected chi connectivity index (χ1v) is 7.84. The van der Waals surface area contributed by atoms with Crippen molar-refractivity contribution in [3.8, 4) is 0 Å². The minimum Gasteiger partial charge on any atom is -0.340 e. The standard InChI is InChI=1S/C15H29N3O/c1-12(2)9-13(10-16)15(19)18-8-7-17-6-4-3-5-14(17)11-18/h12-14H,3-11,16H2,1-2H3. The third kappa shape index (κ3) is 3.69. The highest BCUT2D eigenvalue weighted by Gasteiger charge is 2.33. The Morgan fingerprint density at radius 1 is 1.26 bits per heavy atom. The van der Waals surface area contributed by atoms with Crippen molar-refractivity contribution in [2.75, 3.05) is 32.7 Å². The van der Waals surface area contributed by atoms with Crippen molar-refractivity contribution in [2.45, 2.75) is 45.6 Å². The van der Waals surface area contributed by atoms with E-state index in [0.717, 1.165) is 26.1 Å². The monoisotopic (exact) mass is 267 g/mol. The number of hydrogen-bond acceptors (Lipinski definition) is 3. The van der Waals surface area contributed by atoms with E-state index in [1.807, 2.05) is 0 Å². The summed E-state index contributed by atoms with van der Waals surface area (Å²) >= 11 is 0. The molecule has 2 aliphatic rings. The van der Waals surface area contributed by atoms with Gasteiger partial charge in [-0.25, -0.2) is 0 Å². The molecule has 2 atom stereocenters. The number of piperidine rings is 1. The minimum atomic E-state index is 0.0233. The molecule has 0 aromatic heterocycles. The van der Waals surface area contributed by atoms with Crippen LogP contribution in [0.4, 0.5) is 0 Å². The lowest BCUT2D eigenvalue weighted by atomic mass is 9.94. The van der Waals surface area contributed by atoms with Crippen LogP contribution < -0.4 is 5.73 Å². The van der Waals surface area contributed by atoms with Gasteiger partial charge in [-0.1, -0.05) is 20.3 Å². The number of nitrogens with zero attached hydrogens (tertiary/aromatic N) is 2. The first-order valence-electron chi connectivity index (χ1n) is 7.84. The van der Waals surface area contributed by atoms with Crippen LogP contribution in [0.1, 0.15) is 39.5 Å². The summed E-state index contributed by atoms with van der Waals surface area (Å²) in [6.45, 7) is 8.90. The minimum absolute atomic E-state index is 0.0233. The predicted octanol–water partition coefficient (Wildman–Crippen LogP) is 1.30. The van der Waals surface area contributed by atoms with Crippen molar-refractivity contribution in [2.24, 2.45) is 17.6 Å². The molecule has 2 unspecified atom stereocenters. The van der Waals surface area contributed by atoms with Crippen molar-refractivity contribution < 1.29 is 4.79 Å². The summed E-state index contributed by atoms with van der Waals surface area (Å²) in [6.07, 6.45) is 4.81. The maximum Gasteiger partial charge on any atom is 0.227 e. The van der Waals surface area contributed by atoms with E-state index in [1.54, 1.807) is 0 Å². The predicted molar refractivity (Wildman–Crippen MR) is 77.8 cm³/mol. The maximum atomic E-state index is 12.6. The summed E-state index contributed by atoms with van der Waals surface area (Å²) in [5.74, 6) is 0.852. The van der Waals surface area contributed by atoms with Crippen LogP contribution in [0, 0.1) is 11.8 Å². The zero-order valence-corrected chi connectivity index (χ0v) is 12.5. The topological polar surface area (TPSA) is 49.6 Å². The smallest absolute Gasteiger partial charge is 0.227 e. The molecule has 2 rings (SSSR count). The zero-order valence-electron chi connectivity index (χ0n) is 12.5. The first kappa shape index (κ1) is 14.8. The summed E-state index contributed by atoms with van der Waals surface area (Å²) in [7, 11) is 0. The molecule has 2 aliphatic heterocycles. The van der Waals surface area contributed by atoms with Crippen molar-refractivity contribution in [1.29, 1.82) is 0 Å². The van der Waals surface area contributed by atoms with Gasteiger partial charge in [-0.3, -0.25) is 9.69 Å². The molecule has 4 heteroatoms. The molecule has 0 radical (unpaired) electrons. The quantitative estimate of drug-likeness (QED) is 0.835. The van der Waals surface area contributed by atoms with Gasteiger partial charge in [-0.05, 0) is 31.7 Å². The van der Waals surface area contributed by atoms with Crippen LogP contribution in [0.15, 0.2) is 0 Å². The van der Waals surface area contributed by atoms with E-state index in [4.69, 9.17) is 5.73 Å². The molecule has 2 heterocycles. The highest BCUT2D eigenvalue weighted by Crippen LogP contribution is 2.23. The Morgan fingerprint density at radius 2 is 2.05 bits per heavy atom. The molecule has 4 nitrogen and oxygen atoms in total. The highest BCUT2D eigenvalue weighted by atomic mass is 16.2. The van der Waals surface area contributed by atoms with Crippen LogP contribution in [0.2, 0.25) is 0 Å². The third-order valence-corrected chi connectivity index (χ3v) is 4.54. The lowest BCUT2D eigenvalue weighted by Gasteiger charge is -2.44. The molecule has 2 N–H and O–H groups in total. The largest absolute Gasteiger partial charge is 0.340 e. The maximum absolute atomic E-state index is 12.6. The third-order valence-electron chi connectivity index (χ3n) is 4.54. The summed E-state index contributed by atoms with van der Waals surface area (Å²) in [6, 6.07) is 0.601. The Kier molecular flexibility index (Phi) is 5.22. The average Bonchev–Trinajstić information content (AvgIpc) is 2.43. The van der Waals surface area contributed by atoms with Crippen LogP contribution in [0.25, 0.3) is 0 Å². The number of rotatable bonds is 4. The number of carbonyl (C=O) groups is 1. The van der Waals surface area contributed by atoms with Gasteiger partial charge < -0.3 is 10.6 Å². The summed E-state index contributed by atoms with van der Waals surface area (Å²) < 4.78 is 0. The molecule has 2 saturated heterocycles. The van der Waals surface area contributed by atoms with Crippen molar-refractivity contribution in [3.05, 3.63) is 0 Å². The van der Waals surface area contributed by atoms with Gasteiger partial charge in [0, 0.05) is 32.2 Å². The lowest BCUT2D eigenvalue weighted by Crippen LogP contribution is -2.57. The second-order valence-electron chi connectivity index (χ2n) is 6.53. The Labute approximate surface area is 117 Å². The van der Waals surface area contributed by atoms with Gasteiger partial charge >= 0.3 is 0 Å². The van der Waals surface area contributed by atoms with E-state index in [1.165, 1.54) is 25.8 Å². The van der Waals surface area contributed by atoms with Gasteiger partial charge in [0.15, 0.2) is 0 Å². The van der Waals surface area contributed by atoms with E-state index in [2.05, 4.69) is 23.6 Å². The molecule has 19 heavy (non-hydrogen) atoms. The second-order valence-corrected chi connectivity index (χ2v) is 6.53. The Hall–Kier alpha value is -0.610. The number of nitrogens with two attached hydrogens (primary N) is 1. The molecule has 2 fully saturated rings. The molecule has 0 aromatic rings. The number of fused-ring (bicyclic) bond motifs is 1. The molecule has 0 aliphatic carbocycles. The molecule has 110 valence electrons. The van der Waals surface area contributed by atoms with Crippen LogP contribution in [-0.2, 0) is 4.79 Å². The molecular formula is C15H29N3O. The molecule has 0 saturated carbocycles. The van der Waals surface area contributed by atoms with Crippen LogP contribution in [-0.4, -0.2) is 54.5 Å². The fourth-order valence-corrected chi connectivity index (χ4v) is 3.48. The average molecular weight is 267 g/mol. The van der Waals surface area contributed by atoms with Crippen molar-refractivity contribution >= 4 is 5.91 Å². The summed E-state index contributed by atoms with van der Waals surface area (Å²) in [5.41, 5.74) is 5.80. The van der Waals surface area contributed by atoms with Gasteiger partial charge in [0.05, 0.1) is 5.92 Å². The molecule has 1 amide bonds.